The van der Waals surface area contributed by atoms with Crippen LogP contribution in [-0.4, -0.2) is 41.8 Å². The van der Waals surface area contributed by atoms with Gasteiger partial charge in [-0.3, -0.25) is 0 Å². The van der Waals surface area contributed by atoms with E-state index in [-0.39, 0.29) is 11.8 Å². The second-order valence-corrected chi connectivity index (χ2v) is 7.32. The van der Waals surface area contributed by atoms with Crippen molar-refractivity contribution in [2.24, 2.45) is 11.8 Å². The zero-order chi connectivity index (χ0) is 19.7. The highest BCUT2D eigenvalue weighted by molar-refractivity contribution is 5.52. The summed E-state index contributed by atoms with van der Waals surface area (Å²) < 4.78 is 0. The number of aromatic hydroxyl groups is 6. The van der Waals surface area contributed by atoms with Crippen LogP contribution >= 0.6 is 0 Å². The molecule has 0 saturated heterocycles. The van der Waals surface area contributed by atoms with Crippen LogP contribution in [-0.2, 0) is 12.8 Å². The highest BCUT2D eigenvalue weighted by atomic mass is 16.3. The fourth-order valence-corrected chi connectivity index (χ4v) is 3.98. The normalized spacial score (nSPS) is 22.6. The summed E-state index contributed by atoms with van der Waals surface area (Å²) in [6.07, 6.45) is 2.68. The molecule has 2 atom stereocenters. The topological polar surface area (TPSA) is 142 Å². The Morgan fingerprint density at radius 1 is 0.630 bits per heavy atom. The van der Waals surface area contributed by atoms with Crippen LogP contribution in [0.3, 0.4) is 0 Å². The van der Waals surface area contributed by atoms with Gasteiger partial charge in [-0.25, -0.2) is 0 Å². The molecule has 0 aliphatic heterocycles. The lowest BCUT2D eigenvalue weighted by Gasteiger charge is -2.35. The minimum Gasteiger partial charge on any atom is -0.504 e. The summed E-state index contributed by atoms with van der Waals surface area (Å²) in [5.74, 6) is -2.91. The molecule has 3 rings (SSSR count). The molecule has 1 fully saturated rings. The molecule has 1 aliphatic rings. The van der Waals surface area contributed by atoms with Crippen molar-refractivity contribution in [3.05, 3.63) is 35.4 Å². The van der Waals surface area contributed by atoms with E-state index in [1.165, 1.54) is 24.3 Å². The molecule has 27 heavy (non-hydrogen) atoms. The first-order valence-corrected chi connectivity index (χ1v) is 8.92. The Hall–Kier alpha value is -2.80. The predicted molar refractivity (Wildman–Crippen MR) is 97.1 cm³/mol. The largest absolute Gasteiger partial charge is 0.504 e. The predicted octanol–water partition coefficient (Wildman–Crippen LogP) is 2.48. The van der Waals surface area contributed by atoms with Crippen LogP contribution in [0.15, 0.2) is 24.3 Å². The van der Waals surface area contributed by atoms with Gasteiger partial charge in [0.1, 0.15) is 0 Å². The van der Waals surface area contributed by atoms with Crippen LogP contribution < -0.4 is 0 Å². The molecular weight excluding hydrogens is 352 g/mol. The zero-order valence-electron chi connectivity index (χ0n) is 14.7. The third kappa shape index (κ3) is 3.98. The molecule has 146 valence electrons. The lowest BCUT2D eigenvalue weighted by Crippen LogP contribution is -2.35. The summed E-state index contributed by atoms with van der Waals surface area (Å²) in [5, 5.41) is 68.3. The van der Waals surface area contributed by atoms with E-state index in [4.69, 9.17) is 0 Å². The zero-order valence-corrected chi connectivity index (χ0v) is 14.7. The van der Waals surface area contributed by atoms with Gasteiger partial charge in [-0.1, -0.05) is 6.42 Å². The van der Waals surface area contributed by atoms with Gasteiger partial charge in [0, 0.05) is 0 Å². The second kappa shape index (κ2) is 7.44. The van der Waals surface area contributed by atoms with Gasteiger partial charge in [0.15, 0.2) is 34.5 Å². The van der Waals surface area contributed by atoms with Gasteiger partial charge < -0.3 is 35.7 Å². The maximum absolute atomic E-state index is 10.8. The molecular formula is C20H24O7. The molecule has 1 aliphatic carbocycles. The number of phenols is 6. The molecule has 0 amide bonds. The maximum atomic E-state index is 10.8. The van der Waals surface area contributed by atoms with Gasteiger partial charge in [0.25, 0.3) is 0 Å². The van der Waals surface area contributed by atoms with E-state index in [1.54, 1.807) is 0 Å². The minimum absolute atomic E-state index is 0.0913. The van der Waals surface area contributed by atoms with Gasteiger partial charge in [-0.05, 0) is 72.9 Å². The Bertz CT molecular complexity index is 720. The van der Waals surface area contributed by atoms with Crippen molar-refractivity contribution in [2.45, 2.75) is 38.2 Å². The molecule has 2 aromatic rings. The number of hydrogen-bond acceptors (Lipinski definition) is 7. The average molecular weight is 376 g/mol. The molecule has 0 spiro atoms. The molecule has 2 aromatic carbocycles. The fraction of sp³-hybridized carbons (Fsp3) is 0.400. The van der Waals surface area contributed by atoms with E-state index in [2.05, 4.69) is 0 Å². The second-order valence-electron chi connectivity index (χ2n) is 7.32. The number of rotatable bonds is 4. The Labute approximate surface area is 156 Å². The van der Waals surface area contributed by atoms with Crippen LogP contribution in [0, 0.1) is 11.8 Å². The lowest BCUT2D eigenvalue weighted by atomic mass is 9.74. The third-order valence-electron chi connectivity index (χ3n) is 5.37. The van der Waals surface area contributed by atoms with Crippen molar-refractivity contribution in [2.75, 3.05) is 0 Å². The van der Waals surface area contributed by atoms with Crippen molar-refractivity contribution in [3.8, 4) is 34.5 Å². The highest BCUT2D eigenvalue weighted by Crippen LogP contribution is 2.40. The number of aliphatic hydroxyl groups is 1. The first-order valence-electron chi connectivity index (χ1n) is 8.92. The minimum atomic E-state index is -0.644. The molecule has 7 heteroatoms. The standard InChI is InChI=1S/C20H24O7/c21-14-6-10(7-15(22)19(14)26)4-12-2-1-3-13(18(12)25)5-11-8-16(23)20(27)17(24)9-11/h6-9,12-13,18,21-27H,1-5H2. The van der Waals surface area contributed by atoms with E-state index in [0.29, 0.717) is 24.0 Å². The number of phenolic OH excluding ortho intramolecular Hbond substituents is 6. The summed E-state index contributed by atoms with van der Waals surface area (Å²) in [6.45, 7) is 0. The van der Waals surface area contributed by atoms with Crippen LogP contribution in [0.25, 0.3) is 0 Å². The molecule has 0 aromatic heterocycles. The van der Waals surface area contributed by atoms with Crippen molar-refractivity contribution < 1.29 is 35.7 Å². The Morgan fingerprint density at radius 3 is 1.30 bits per heavy atom. The van der Waals surface area contributed by atoms with Crippen LogP contribution in [0.2, 0.25) is 0 Å². The first kappa shape index (κ1) is 19.0. The summed E-state index contributed by atoms with van der Waals surface area (Å²) >= 11 is 0. The smallest absolute Gasteiger partial charge is 0.200 e. The summed E-state index contributed by atoms with van der Waals surface area (Å²) in [5.41, 5.74) is 1.24. The van der Waals surface area contributed by atoms with E-state index >= 15 is 0 Å². The van der Waals surface area contributed by atoms with Gasteiger partial charge in [0.2, 0.25) is 0 Å². The molecule has 0 heterocycles. The molecule has 7 nitrogen and oxygen atoms in total. The summed E-state index contributed by atoms with van der Waals surface area (Å²) in [7, 11) is 0. The first-order chi connectivity index (χ1) is 12.8. The highest BCUT2D eigenvalue weighted by Gasteiger charge is 2.32. The van der Waals surface area contributed by atoms with Gasteiger partial charge >= 0.3 is 0 Å². The Balaban J connectivity index is 1.73. The van der Waals surface area contributed by atoms with Gasteiger partial charge in [-0.15, -0.1) is 0 Å². The monoisotopic (exact) mass is 376 g/mol. The molecule has 2 unspecified atom stereocenters. The van der Waals surface area contributed by atoms with Crippen molar-refractivity contribution >= 4 is 0 Å². The van der Waals surface area contributed by atoms with E-state index in [0.717, 1.165) is 19.3 Å². The molecule has 0 bridgehead atoms. The van der Waals surface area contributed by atoms with Crippen molar-refractivity contribution in [1.82, 2.24) is 0 Å². The van der Waals surface area contributed by atoms with Crippen LogP contribution in [0.5, 0.6) is 34.5 Å². The number of aliphatic hydroxyl groups excluding tert-OH is 1. The Morgan fingerprint density at radius 2 is 0.963 bits per heavy atom. The third-order valence-corrected chi connectivity index (χ3v) is 5.37. The van der Waals surface area contributed by atoms with E-state index in [9.17, 15) is 35.7 Å². The van der Waals surface area contributed by atoms with Crippen LogP contribution in [0.1, 0.15) is 30.4 Å². The maximum Gasteiger partial charge on any atom is 0.200 e. The SMILES string of the molecule is Oc1cc(CC2CCCC(Cc3cc(O)c(O)c(O)c3)C2O)cc(O)c1O. The molecule has 1 saturated carbocycles. The van der Waals surface area contributed by atoms with Crippen molar-refractivity contribution in [3.63, 3.8) is 0 Å². The molecule has 7 N–H and O–H groups in total. The number of hydrogen-bond donors (Lipinski definition) is 7. The molecule has 0 radical (unpaired) electrons. The summed E-state index contributed by atoms with van der Waals surface area (Å²) in [4.78, 5) is 0. The Kier molecular flexibility index (Phi) is 5.23. The van der Waals surface area contributed by atoms with E-state index in [1.807, 2.05) is 0 Å². The quantitative estimate of drug-likeness (QED) is 0.406. The lowest BCUT2D eigenvalue weighted by molar-refractivity contribution is 0.0176. The van der Waals surface area contributed by atoms with Crippen molar-refractivity contribution in [1.29, 1.82) is 0 Å². The van der Waals surface area contributed by atoms with Crippen LogP contribution in [0.4, 0.5) is 0 Å². The number of benzene rings is 2. The fourth-order valence-electron chi connectivity index (χ4n) is 3.98. The summed E-state index contributed by atoms with van der Waals surface area (Å²) in [6, 6.07) is 5.51. The van der Waals surface area contributed by atoms with Gasteiger partial charge in [-0.2, -0.15) is 0 Å². The van der Waals surface area contributed by atoms with E-state index < -0.39 is 40.6 Å². The van der Waals surface area contributed by atoms with Gasteiger partial charge in [0.05, 0.1) is 6.10 Å². The average Bonchev–Trinajstić information content (AvgIpc) is 2.61.